The highest BCUT2D eigenvalue weighted by molar-refractivity contribution is 9.10. The number of aldehydes is 1. The maximum Gasteiger partial charge on any atom is 0.151 e. The van der Waals surface area contributed by atoms with E-state index in [1.165, 1.54) is 31.4 Å². The van der Waals surface area contributed by atoms with Gasteiger partial charge in [0.1, 0.15) is 0 Å². The number of carbonyl (C=O) groups excluding carboxylic acids is 1. The molecule has 0 spiro atoms. The predicted molar refractivity (Wildman–Crippen MR) is 79.4 cm³/mol. The molecule has 2 nitrogen and oxygen atoms in total. The fourth-order valence-corrected chi connectivity index (χ4v) is 3.13. The lowest BCUT2D eigenvalue weighted by atomic mass is 9.86. The van der Waals surface area contributed by atoms with Crippen molar-refractivity contribution >= 4 is 27.9 Å². The van der Waals surface area contributed by atoms with Gasteiger partial charge in [-0.3, -0.25) is 4.79 Å². The average Bonchev–Trinajstić information content (AvgIpc) is 2.38. The number of anilines is 1. The second-order valence-corrected chi connectivity index (χ2v) is 6.20. The number of nitrogens with zero attached hydrogens (tertiary/aromatic N) is 1. The number of halogens is 1. The molecule has 0 aromatic heterocycles. The fraction of sp³-hybridized carbons (Fsp3) is 0.533. The van der Waals surface area contributed by atoms with Gasteiger partial charge in [-0.05, 0) is 65.7 Å². The number of rotatable bonds is 3. The van der Waals surface area contributed by atoms with Crippen molar-refractivity contribution in [3.63, 3.8) is 0 Å². The van der Waals surface area contributed by atoms with E-state index >= 15 is 0 Å². The zero-order valence-electron chi connectivity index (χ0n) is 11.0. The molecule has 1 aliphatic carbocycles. The van der Waals surface area contributed by atoms with E-state index < -0.39 is 0 Å². The highest BCUT2D eigenvalue weighted by atomic mass is 79.9. The Labute approximate surface area is 117 Å². The van der Waals surface area contributed by atoms with Crippen molar-refractivity contribution < 1.29 is 4.79 Å². The minimum absolute atomic E-state index is 0.634. The monoisotopic (exact) mass is 309 g/mol. The first-order valence-corrected chi connectivity index (χ1v) is 7.38. The molecular weight excluding hydrogens is 290 g/mol. The molecule has 0 bridgehead atoms. The maximum absolute atomic E-state index is 10.8. The third kappa shape index (κ3) is 2.94. The van der Waals surface area contributed by atoms with Gasteiger partial charge in [0.2, 0.25) is 0 Å². The Balaban J connectivity index is 2.11. The highest BCUT2D eigenvalue weighted by Gasteiger charge is 2.22. The minimum Gasteiger partial charge on any atom is -0.372 e. The van der Waals surface area contributed by atoms with Crippen molar-refractivity contribution in [1.29, 1.82) is 0 Å². The number of hydrogen-bond donors (Lipinski definition) is 0. The summed E-state index contributed by atoms with van der Waals surface area (Å²) in [5.41, 5.74) is 1.90. The van der Waals surface area contributed by atoms with Crippen molar-refractivity contribution in [3.8, 4) is 0 Å². The lowest BCUT2D eigenvalue weighted by molar-refractivity contribution is 0.112. The summed E-state index contributed by atoms with van der Waals surface area (Å²) in [7, 11) is 2.16. The van der Waals surface area contributed by atoms with E-state index in [-0.39, 0.29) is 0 Å². The third-order valence-corrected chi connectivity index (χ3v) is 4.74. The molecule has 0 saturated heterocycles. The summed E-state index contributed by atoms with van der Waals surface area (Å²) in [6, 6.07) is 6.60. The van der Waals surface area contributed by atoms with E-state index in [9.17, 15) is 4.79 Å². The molecule has 1 aromatic carbocycles. The van der Waals surface area contributed by atoms with E-state index in [1.807, 2.05) is 18.2 Å². The lowest BCUT2D eigenvalue weighted by Crippen LogP contribution is -2.34. The van der Waals surface area contributed by atoms with Crippen LogP contribution in [0.2, 0.25) is 0 Å². The summed E-state index contributed by atoms with van der Waals surface area (Å²) in [4.78, 5) is 13.2. The summed E-state index contributed by atoms with van der Waals surface area (Å²) in [6.45, 7) is 2.34. The summed E-state index contributed by atoms with van der Waals surface area (Å²) < 4.78 is 0.881. The van der Waals surface area contributed by atoms with Gasteiger partial charge in [0.05, 0.1) is 0 Å². The molecule has 0 atom stereocenters. The van der Waals surface area contributed by atoms with Crippen molar-refractivity contribution in [2.75, 3.05) is 11.9 Å². The summed E-state index contributed by atoms with van der Waals surface area (Å²) in [5, 5.41) is 0. The van der Waals surface area contributed by atoms with Gasteiger partial charge >= 0.3 is 0 Å². The average molecular weight is 310 g/mol. The van der Waals surface area contributed by atoms with Gasteiger partial charge < -0.3 is 4.90 Å². The molecule has 1 aromatic rings. The molecule has 0 radical (unpaired) electrons. The Morgan fingerprint density at radius 2 is 1.94 bits per heavy atom. The first kappa shape index (κ1) is 13.6. The van der Waals surface area contributed by atoms with Crippen LogP contribution in [0.25, 0.3) is 0 Å². The van der Waals surface area contributed by atoms with Gasteiger partial charge in [-0.1, -0.05) is 6.92 Å². The molecule has 0 unspecified atom stereocenters. The molecule has 1 fully saturated rings. The van der Waals surface area contributed by atoms with E-state index in [4.69, 9.17) is 0 Å². The smallest absolute Gasteiger partial charge is 0.151 e. The first-order chi connectivity index (χ1) is 8.61. The summed E-state index contributed by atoms with van der Waals surface area (Å²) in [5.74, 6) is 0.874. The molecular formula is C15H20BrNO. The Kier molecular flexibility index (Phi) is 4.44. The molecule has 2 rings (SSSR count). The Morgan fingerprint density at radius 3 is 2.50 bits per heavy atom. The van der Waals surface area contributed by atoms with E-state index in [2.05, 4.69) is 34.8 Å². The molecule has 1 saturated carbocycles. The van der Waals surface area contributed by atoms with E-state index in [0.717, 1.165) is 16.7 Å². The summed E-state index contributed by atoms with van der Waals surface area (Å²) in [6.07, 6.45) is 6.07. The van der Waals surface area contributed by atoms with Crippen LogP contribution in [0.1, 0.15) is 43.0 Å². The SMILES string of the molecule is CC1CCC(N(C)c2ccc(C=O)c(Br)c2)CC1. The number of benzene rings is 1. The first-order valence-electron chi connectivity index (χ1n) is 6.59. The van der Waals surface area contributed by atoms with E-state index in [0.29, 0.717) is 11.6 Å². The second kappa shape index (κ2) is 5.87. The van der Waals surface area contributed by atoms with E-state index in [1.54, 1.807) is 0 Å². The van der Waals surface area contributed by atoms with Crippen LogP contribution in [-0.2, 0) is 0 Å². The van der Waals surface area contributed by atoms with Gasteiger partial charge in [0.15, 0.2) is 6.29 Å². The summed E-state index contributed by atoms with van der Waals surface area (Å²) >= 11 is 3.45. The molecule has 0 heterocycles. The Bertz CT molecular complexity index is 425. The van der Waals surface area contributed by atoms with Gasteiger partial charge in [-0.2, -0.15) is 0 Å². The molecule has 0 amide bonds. The second-order valence-electron chi connectivity index (χ2n) is 5.35. The topological polar surface area (TPSA) is 20.3 Å². The minimum atomic E-state index is 0.634. The van der Waals surface area contributed by atoms with Crippen LogP contribution in [0, 0.1) is 5.92 Å². The van der Waals surface area contributed by atoms with Crippen molar-refractivity contribution in [3.05, 3.63) is 28.2 Å². The Hall–Kier alpha value is -0.830. The highest BCUT2D eigenvalue weighted by Crippen LogP contribution is 2.31. The third-order valence-electron chi connectivity index (χ3n) is 4.05. The fourth-order valence-electron chi connectivity index (χ4n) is 2.67. The number of carbonyl (C=O) groups is 1. The molecule has 18 heavy (non-hydrogen) atoms. The molecule has 0 aliphatic heterocycles. The van der Waals surface area contributed by atoms with Crippen molar-refractivity contribution in [1.82, 2.24) is 0 Å². The lowest BCUT2D eigenvalue weighted by Gasteiger charge is -2.35. The van der Waals surface area contributed by atoms with Crippen LogP contribution in [0.5, 0.6) is 0 Å². The van der Waals surface area contributed by atoms with Crippen LogP contribution >= 0.6 is 15.9 Å². The van der Waals surface area contributed by atoms with Crippen molar-refractivity contribution in [2.45, 2.75) is 38.6 Å². The van der Waals surface area contributed by atoms with Crippen LogP contribution in [-0.4, -0.2) is 19.4 Å². The van der Waals surface area contributed by atoms with Gasteiger partial charge in [-0.25, -0.2) is 0 Å². The normalized spacial score (nSPS) is 23.7. The standard InChI is InChI=1S/C15H20BrNO/c1-11-3-6-13(7-4-11)17(2)14-8-5-12(10-18)15(16)9-14/h5,8-11,13H,3-4,6-7H2,1-2H3. The van der Waals surface area contributed by atoms with Gasteiger partial charge in [-0.15, -0.1) is 0 Å². The zero-order chi connectivity index (χ0) is 13.1. The largest absolute Gasteiger partial charge is 0.372 e. The van der Waals surface area contributed by atoms with Gasteiger partial charge in [0, 0.05) is 28.8 Å². The van der Waals surface area contributed by atoms with Gasteiger partial charge in [0.25, 0.3) is 0 Å². The van der Waals surface area contributed by atoms with Crippen LogP contribution in [0.4, 0.5) is 5.69 Å². The van der Waals surface area contributed by atoms with Crippen LogP contribution in [0.3, 0.4) is 0 Å². The van der Waals surface area contributed by atoms with Crippen LogP contribution < -0.4 is 4.90 Å². The van der Waals surface area contributed by atoms with Crippen molar-refractivity contribution in [2.24, 2.45) is 5.92 Å². The molecule has 1 aliphatic rings. The molecule has 0 N–H and O–H groups in total. The Morgan fingerprint density at radius 1 is 1.28 bits per heavy atom. The number of hydrogen-bond acceptors (Lipinski definition) is 2. The van der Waals surface area contributed by atoms with Crippen LogP contribution in [0.15, 0.2) is 22.7 Å². The zero-order valence-corrected chi connectivity index (χ0v) is 12.6. The maximum atomic E-state index is 10.8. The quantitative estimate of drug-likeness (QED) is 0.777. The predicted octanol–water partition coefficient (Wildman–Crippen LogP) is 4.28. The molecule has 98 valence electrons. The molecule has 3 heteroatoms.